The zero-order valence-electron chi connectivity index (χ0n) is 10.0. The molecule has 0 bridgehead atoms. The Morgan fingerprint density at radius 2 is 2.25 bits per heavy atom. The molecule has 0 saturated carbocycles. The van der Waals surface area contributed by atoms with E-state index in [-0.39, 0.29) is 5.92 Å². The van der Waals surface area contributed by atoms with Crippen molar-refractivity contribution in [1.29, 1.82) is 5.41 Å². The predicted octanol–water partition coefficient (Wildman–Crippen LogP) is 1.50. The number of hydrogen-bond donors (Lipinski definition) is 3. The summed E-state index contributed by atoms with van der Waals surface area (Å²) < 4.78 is 5.24. The van der Waals surface area contributed by atoms with Crippen molar-refractivity contribution in [3.63, 3.8) is 0 Å². The normalized spacial score (nSPS) is 12.2. The Morgan fingerprint density at radius 3 is 2.81 bits per heavy atom. The summed E-state index contributed by atoms with van der Waals surface area (Å²) in [7, 11) is 3.45. The van der Waals surface area contributed by atoms with Crippen LogP contribution in [0.5, 0.6) is 5.75 Å². The summed E-state index contributed by atoms with van der Waals surface area (Å²) >= 11 is 0. The summed E-state index contributed by atoms with van der Waals surface area (Å²) in [5.74, 6) is 0.719. The van der Waals surface area contributed by atoms with E-state index in [4.69, 9.17) is 15.9 Å². The highest BCUT2D eigenvalue weighted by atomic mass is 16.5. The topological polar surface area (TPSA) is 71.1 Å². The number of benzene rings is 1. The van der Waals surface area contributed by atoms with Gasteiger partial charge in [-0.3, -0.25) is 0 Å². The second-order valence-corrected chi connectivity index (χ2v) is 3.80. The lowest BCUT2D eigenvalue weighted by molar-refractivity contribution is 0.415. The van der Waals surface area contributed by atoms with Gasteiger partial charge in [-0.2, -0.15) is 0 Å². The van der Waals surface area contributed by atoms with E-state index in [1.54, 1.807) is 13.2 Å². The maximum absolute atomic E-state index is 8.10. The third kappa shape index (κ3) is 2.52. The van der Waals surface area contributed by atoms with Crippen molar-refractivity contribution >= 4 is 11.4 Å². The average Bonchev–Trinajstić information content (AvgIpc) is 2.28. The van der Waals surface area contributed by atoms with E-state index in [1.807, 2.05) is 26.1 Å². The van der Waals surface area contributed by atoms with Gasteiger partial charge in [-0.15, -0.1) is 0 Å². The zero-order valence-corrected chi connectivity index (χ0v) is 10.0. The number of methoxy groups -OCH3 is 1. The first-order valence-corrected chi connectivity index (χ1v) is 5.27. The Labute approximate surface area is 96.3 Å². The first kappa shape index (κ1) is 12.5. The smallest absolute Gasteiger partial charge is 0.150 e. The van der Waals surface area contributed by atoms with Crippen molar-refractivity contribution in [2.24, 2.45) is 5.92 Å². The van der Waals surface area contributed by atoms with Gasteiger partial charge in [-0.05, 0) is 19.2 Å². The van der Waals surface area contributed by atoms with Gasteiger partial charge < -0.3 is 21.2 Å². The molecule has 0 fully saturated rings. The van der Waals surface area contributed by atoms with E-state index < -0.39 is 0 Å². The fraction of sp³-hybridized carbons (Fsp3) is 0.417. The fourth-order valence-corrected chi connectivity index (χ4v) is 1.67. The number of rotatable bonds is 5. The number of nitrogens with one attached hydrogen (secondary N) is 2. The van der Waals surface area contributed by atoms with Crippen LogP contribution < -0.4 is 15.8 Å². The maximum atomic E-state index is 8.10. The van der Waals surface area contributed by atoms with Crippen molar-refractivity contribution in [3.8, 4) is 5.75 Å². The molecule has 0 aliphatic carbocycles. The average molecular weight is 221 g/mol. The molecule has 4 heteroatoms. The lowest BCUT2D eigenvalue weighted by Crippen LogP contribution is -2.24. The van der Waals surface area contributed by atoms with Crippen LogP contribution in [0, 0.1) is 11.3 Å². The molecule has 0 amide bonds. The molecule has 88 valence electrons. The summed E-state index contributed by atoms with van der Waals surface area (Å²) in [6.07, 6.45) is 0. The minimum absolute atomic E-state index is 0.126. The first-order valence-electron chi connectivity index (χ1n) is 5.27. The van der Waals surface area contributed by atoms with E-state index in [1.165, 1.54) is 0 Å². The lowest BCUT2D eigenvalue weighted by Gasteiger charge is -2.16. The molecule has 1 atom stereocenters. The van der Waals surface area contributed by atoms with Gasteiger partial charge in [0.05, 0.1) is 12.8 Å². The van der Waals surface area contributed by atoms with Crippen LogP contribution in [0.4, 0.5) is 5.69 Å². The number of hydrogen-bond acceptors (Lipinski definition) is 4. The summed E-state index contributed by atoms with van der Waals surface area (Å²) in [5, 5.41) is 11.2. The summed E-state index contributed by atoms with van der Waals surface area (Å²) in [4.78, 5) is 0. The largest absolute Gasteiger partial charge is 0.494 e. The van der Waals surface area contributed by atoms with E-state index >= 15 is 0 Å². The highest BCUT2D eigenvalue weighted by Gasteiger charge is 2.16. The van der Waals surface area contributed by atoms with Gasteiger partial charge in [-0.25, -0.2) is 0 Å². The molecule has 0 saturated heterocycles. The van der Waals surface area contributed by atoms with Gasteiger partial charge in [0.1, 0.15) is 0 Å². The van der Waals surface area contributed by atoms with Crippen LogP contribution in [0.3, 0.4) is 0 Å². The Kier molecular flexibility index (Phi) is 4.31. The molecule has 0 aliphatic rings. The standard InChI is InChI=1S/C12H19N3O/c1-8(7-15-2)11(14)9-5-4-6-10(13)12(9)16-3/h4-6,8,14-15H,7,13H2,1-3H3/t8-/m1/s1. The molecule has 4 N–H and O–H groups in total. The van der Waals surface area contributed by atoms with Gasteiger partial charge in [0, 0.05) is 23.7 Å². The Morgan fingerprint density at radius 1 is 1.56 bits per heavy atom. The quantitative estimate of drug-likeness (QED) is 0.521. The van der Waals surface area contributed by atoms with Gasteiger partial charge in [0.15, 0.2) is 5.75 Å². The van der Waals surface area contributed by atoms with Crippen LogP contribution in [0.1, 0.15) is 12.5 Å². The SMILES string of the molecule is CNC[C@@H](C)C(=N)c1cccc(N)c1OC. The van der Waals surface area contributed by atoms with Gasteiger partial charge in [-0.1, -0.05) is 13.0 Å². The molecule has 4 nitrogen and oxygen atoms in total. The molecule has 0 heterocycles. The third-order valence-electron chi connectivity index (χ3n) is 2.54. The highest BCUT2D eigenvalue weighted by Crippen LogP contribution is 2.27. The molecule has 16 heavy (non-hydrogen) atoms. The van der Waals surface area contributed by atoms with E-state index in [9.17, 15) is 0 Å². The monoisotopic (exact) mass is 221 g/mol. The molecular weight excluding hydrogens is 202 g/mol. The van der Waals surface area contributed by atoms with E-state index in [0.717, 1.165) is 12.1 Å². The van der Waals surface area contributed by atoms with Crippen LogP contribution in [0.25, 0.3) is 0 Å². The minimum Gasteiger partial charge on any atom is -0.494 e. The Balaban J connectivity index is 3.03. The fourth-order valence-electron chi connectivity index (χ4n) is 1.67. The van der Waals surface area contributed by atoms with Crippen molar-refractivity contribution < 1.29 is 4.74 Å². The van der Waals surface area contributed by atoms with Crippen LogP contribution in [0.2, 0.25) is 0 Å². The lowest BCUT2D eigenvalue weighted by atomic mass is 9.97. The van der Waals surface area contributed by atoms with Crippen molar-refractivity contribution in [2.75, 3.05) is 26.4 Å². The first-order chi connectivity index (χ1) is 7.61. The van der Waals surface area contributed by atoms with Crippen LogP contribution in [-0.4, -0.2) is 26.4 Å². The van der Waals surface area contributed by atoms with Crippen LogP contribution in [-0.2, 0) is 0 Å². The molecule has 1 aromatic rings. The highest BCUT2D eigenvalue weighted by molar-refractivity contribution is 6.03. The van der Waals surface area contributed by atoms with Gasteiger partial charge in [0.2, 0.25) is 0 Å². The molecule has 0 aliphatic heterocycles. The number of para-hydroxylation sites is 1. The third-order valence-corrected chi connectivity index (χ3v) is 2.54. The van der Waals surface area contributed by atoms with Gasteiger partial charge >= 0.3 is 0 Å². The molecule has 0 aromatic heterocycles. The van der Waals surface area contributed by atoms with Crippen molar-refractivity contribution in [1.82, 2.24) is 5.32 Å². The zero-order chi connectivity index (χ0) is 12.1. The molecule has 0 radical (unpaired) electrons. The maximum Gasteiger partial charge on any atom is 0.150 e. The second-order valence-electron chi connectivity index (χ2n) is 3.80. The van der Waals surface area contributed by atoms with Crippen LogP contribution >= 0.6 is 0 Å². The Bertz CT molecular complexity index is 377. The van der Waals surface area contributed by atoms with E-state index in [0.29, 0.717) is 17.1 Å². The summed E-state index contributed by atoms with van der Waals surface area (Å²) in [5.41, 5.74) is 7.69. The molecule has 0 unspecified atom stereocenters. The van der Waals surface area contributed by atoms with Gasteiger partial charge in [0.25, 0.3) is 0 Å². The summed E-state index contributed by atoms with van der Waals surface area (Å²) in [6.45, 7) is 2.76. The molecular formula is C12H19N3O. The molecule has 1 rings (SSSR count). The van der Waals surface area contributed by atoms with E-state index in [2.05, 4.69) is 5.32 Å². The number of anilines is 1. The summed E-state index contributed by atoms with van der Waals surface area (Å²) in [6, 6.07) is 5.48. The minimum atomic E-state index is 0.126. The number of ether oxygens (including phenoxy) is 1. The second kappa shape index (κ2) is 5.51. The molecule has 1 aromatic carbocycles. The Hall–Kier alpha value is -1.55. The number of nitrogens with two attached hydrogens (primary N) is 1. The number of nitrogen functional groups attached to an aromatic ring is 1. The van der Waals surface area contributed by atoms with Crippen LogP contribution in [0.15, 0.2) is 18.2 Å². The predicted molar refractivity (Wildman–Crippen MR) is 67.3 cm³/mol. The van der Waals surface area contributed by atoms with Crippen molar-refractivity contribution in [2.45, 2.75) is 6.92 Å². The molecule has 0 spiro atoms. The van der Waals surface area contributed by atoms with Crippen molar-refractivity contribution in [3.05, 3.63) is 23.8 Å².